The smallest absolute Gasteiger partial charge is 0.236 e. The normalized spacial score (nSPS) is 9.56. The summed E-state index contributed by atoms with van der Waals surface area (Å²) in [7, 11) is 0. The van der Waals surface area contributed by atoms with Crippen LogP contribution in [0.1, 0.15) is 10.4 Å². The van der Waals surface area contributed by atoms with E-state index in [0.717, 1.165) is 0 Å². The van der Waals surface area contributed by atoms with Crippen LogP contribution in [-0.4, -0.2) is 21.1 Å². The summed E-state index contributed by atoms with van der Waals surface area (Å²) in [6.45, 7) is 0.0883. The molecule has 0 saturated heterocycles. The first-order valence-corrected chi connectivity index (χ1v) is 5.03. The summed E-state index contributed by atoms with van der Waals surface area (Å²) in [6.07, 6.45) is 3.26. The molecule has 1 heterocycles. The summed E-state index contributed by atoms with van der Waals surface area (Å²) >= 11 is 0. The molecule has 0 amide bonds. The molecule has 0 unspecified atom stereocenters. The van der Waals surface area contributed by atoms with Gasteiger partial charge in [-0.2, -0.15) is 0 Å². The lowest BCUT2D eigenvalue weighted by molar-refractivity contribution is -0.741. The first kappa shape index (κ1) is 13.9. The van der Waals surface area contributed by atoms with E-state index in [1.807, 2.05) is 0 Å². The summed E-state index contributed by atoms with van der Waals surface area (Å²) in [6, 6.07) is 7.51. The van der Waals surface area contributed by atoms with Gasteiger partial charge in [-0.05, 0) is 29.4 Å². The number of halogens is 1. The van der Waals surface area contributed by atoms with Gasteiger partial charge in [0.1, 0.15) is 0 Å². The van der Waals surface area contributed by atoms with E-state index in [1.165, 1.54) is 22.9 Å². The zero-order chi connectivity index (χ0) is 12.3. The fraction of sp³-hybridized carbons (Fsp3) is 0.0833. The van der Waals surface area contributed by atoms with Gasteiger partial charge in [0.2, 0.25) is 12.3 Å². The molecule has 1 aromatic heterocycles. The van der Waals surface area contributed by atoms with Gasteiger partial charge in [-0.1, -0.05) is 4.68 Å². The Morgan fingerprint density at radius 1 is 1.22 bits per heavy atom. The van der Waals surface area contributed by atoms with Gasteiger partial charge in [0.25, 0.3) is 0 Å². The Kier molecular flexibility index (Phi) is 4.62. The zero-order valence-electron chi connectivity index (χ0n) is 9.32. The van der Waals surface area contributed by atoms with E-state index in [1.54, 1.807) is 24.5 Å². The van der Waals surface area contributed by atoms with E-state index in [0.29, 0.717) is 5.56 Å². The fourth-order valence-corrected chi connectivity index (χ4v) is 1.39. The van der Waals surface area contributed by atoms with Crippen molar-refractivity contribution in [2.75, 3.05) is 0 Å². The minimum Gasteiger partial charge on any atom is -1.00 e. The number of ketones is 1. The Balaban J connectivity index is 0.00000162. The van der Waals surface area contributed by atoms with Crippen molar-refractivity contribution in [1.82, 2.24) is 5.10 Å². The third kappa shape index (κ3) is 3.18. The van der Waals surface area contributed by atoms with Gasteiger partial charge < -0.3 is 22.6 Å². The molecule has 6 heteroatoms. The molecular formula is C12H11ClN2O3. The average Bonchev–Trinajstić information content (AvgIpc) is 2.34. The minimum absolute atomic E-state index is 0. The van der Waals surface area contributed by atoms with Gasteiger partial charge in [-0.15, -0.1) is 0 Å². The Hall–Kier alpha value is -2.14. The number of aromatic nitrogens is 2. The number of aromatic hydroxyl groups is 2. The monoisotopic (exact) mass is 266 g/mol. The molecule has 2 N–H and O–H groups in total. The van der Waals surface area contributed by atoms with Gasteiger partial charge in [0.05, 0.1) is 6.20 Å². The molecule has 0 spiro atoms. The third-order valence-electron chi connectivity index (χ3n) is 2.27. The molecule has 0 aliphatic rings. The molecule has 1 aromatic carbocycles. The van der Waals surface area contributed by atoms with Gasteiger partial charge in [0, 0.05) is 11.6 Å². The van der Waals surface area contributed by atoms with E-state index in [2.05, 4.69) is 5.10 Å². The lowest BCUT2D eigenvalue weighted by Gasteiger charge is -2.00. The molecular weight excluding hydrogens is 256 g/mol. The molecule has 0 bridgehead atoms. The number of benzene rings is 1. The highest BCUT2D eigenvalue weighted by Crippen LogP contribution is 2.24. The Morgan fingerprint density at radius 2 is 2.00 bits per heavy atom. The number of nitrogens with zero attached hydrogens (tertiary/aromatic N) is 2. The van der Waals surface area contributed by atoms with Crippen LogP contribution < -0.4 is 17.1 Å². The van der Waals surface area contributed by atoms with Crippen molar-refractivity contribution in [2.24, 2.45) is 0 Å². The molecule has 2 aromatic rings. The van der Waals surface area contributed by atoms with Gasteiger partial charge in [-0.3, -0.25) is 4.79 Å². The average molecular weight is 267 g/mol. The highest BCUT2D eigenvalue weighted by atomic mass is 35.5. The summed E-state index contributed by atoms with van der Waals surface area (Å²) in [5.41, 5.74) is 0.332. The number of hydrogen-bond donors (Lipinski definition) is 2. The second kappa shape index (κ2) is 5.97. The van der Waals surface area contributed by atoms with Crippen LogP contribution in [0, 0.1) is 0 Å². The van der Waals surface area contributed by atoms with Crippen molar-refractivity contribution in [3.8, 4) is 11.5 Å². The number of hydrogen-bond acceptors (Lipinski definition) is 4. The maximum atomic E-state index is 11.8. The second-order valence-corrected chi connectivity index (χ2v) is 3.52. The summed E-state index contributed by atoms with van der Waals surface area (Å²) in [4.78, 5) is 11.8. The first-order chi connectivity index (χ1) is 8.16. The minimum atomic E-state index is -0.304. The molecule has 2 rings (SSSR count). The van der Waals surface area contributed by atoms with E-state index in [9.17, 15) is 9.90 Å². The van der Waals surface area contributed by atoms with Crippen LogP contribution >= 0.6 is 0 Å². The quantitative estimate of drug-likeness (QED) is 0.371. The van der Waals surface area contributed by atoms with Crippen LogP contribution in [0.3, 0.4) is 0 Å². The van der Waals surface area contributed by atoms with Crippen molar-refractivity contribution in [3.05, 3.63) is 48.3 Å². The Labute approximate surface area is 110 Å². The second-order valence-electron chi connectivity index (χ2n) is 3.52. The molecule has 18 heavy (non-hydrogen) atoms. The van der Waals surface area contributed by atoms with Crippen molar-refractivity contribution in [2.45, 2.75) is 6.54 Å². The highest BCUT2D eigenvalue weighted by molar-refractivity contribution is 5.95. The number of carbonyl (C=O) groups is 1. The SMILES string of the molecule is O=C(C[n+]1ccccn1)c1ccc(O)c(O)c1.[Cl-]. The molecule has 94 valence electrons. The number of rotatable bonds is 3. The van der Waals surface area contributed by atoms with Crippen molar-refractivity contribution in [3.63, 3.8) is 0 Å². The predicted molar refractivity (Wildman–Crippen MR) is 58.5 cm³/mol. The predicted octanol–water partition coefficient (Wildman–Crippen LogP) is -2.33. The standard InChI is InChI=1S/C12H10N2O3.ClH/c15-10-4-3-9(7-11(10)16)12(17)8-14-6-2-1-5-13-14;/h1-7,13H,8H2;1H. The number of phenolic OH excluding ortho intramolecular Hbond substituents is 2. The number of carbonyl (C=O) groups excluding carboxylic acids is 1. The lowest BCUT2D eigenvalue weighted by Crippen LogP contribution is -3.00. The van der Waals surface area contributed by atoms with Crippen LogP contribution in [0.4, 0.5) is 0 Å². The molecule has 0 aliphatic heterocycles. The summed E-state index contributed by atoms with van der Waals surface area (Å²) < 4.78 is 1.49. The summed E-state index contributed by atoms with van der Waals surface area (Å²) in [5, 5.41) is 22.4. The van der Waals surface area contributed by atoms with Crippen LogP contribution in [0.15, 0.2) is 42.7 Å². The van der Waals surface area contributed by atoms with Gasteiger partial charge >= 0.3 is 0 Å². The number of phenols is 2. The molecule has 0 atom stereocenters. The van der Waals surface area contributed by atoms with E-state index in [-0.39, 0.29) is 36.2 Å². The van der Waals surface area contributed by atoms with Crippen LogP contribution in [0.5, 0.6) is 11.5 Å². The first-order valence-electron chi connectivity index (χ1n) is 5.03. The molecule has 0 fully saturated rings. The molecule has 0 saturated carbocycles. The molecule has 0 aliphatic carbocycles. The van der Waals surface area contributed by atoms with Crippen molar-refractivity contribution < 1.29 is 32.1 Å². The van der Waals surface area contributed by atoms with E-state index >= 15 is 0 Å². The van der Waals surface area contributed by atoms with E-state index in [4.69, 9.17) is 5.11 Å². The van der Waals surface area contributed by atoms with Crippen LogP contribution in [0.25, 0.3) is 0 Å². The van der Waals surface area contributed by atoms with Crippen molar-refractivity contribution in [1.29, 1.82) is 0 Å². The molecule has 0 radical (unpaired) electrons. The Morgan fingerprint density at radius 3 is 2.61 bits per heavy atom. The fourth-order valence-electron chi connectivity index (χ4n) is 1.39. The highest BCUT2D eigenvalue weighted by Gasteiger charge is 2.14. The van der Waals surface area contributed by atoms with Crippen LogP contribution in [0.2, 0.25) is 0 Å². The van der Waals surface area contributed by atoms with Crippen molar-refractivity contribution >= 4 is 5.78 Å². The largest absolute Gasteiger partial charge is 1.00 e. The maximum absolute atomic E-state index is 11.8. The zero-order valence-corrected chi connectivity index (χ0v) is 10.1. The topological polar surface area (TPSA) is 74.3 Å². The molecule has 5 nitrogen and oxygen atoms in total. The summed E-state index contributed by atoms with van der Waals surface area (Å²) in [5.74, 6) is -0.738. The lowest BCUT2D eigenvalue weighted by atomic mass is 10.1. The number of Topliss-reactive ketones (excluding diaryl/α,β-unsaturated/α-hetero) is 1. The van der Waals surface area contributed by atoms with Crippen LogP contribution in [-0.2, 0) is 6.54 Å². The third-order valence-corrected chi connectivity index (χ3v) is 2.27. The Bertz CT molecular complexity index is 546. The van der Waals surface area contributed by atoms with Gasteiger partial charge in [-0.25, -0.2) is 0 Å². The maximum Gasteiger partial charge on any atom is 0.236 e. The van der Waals surface area contributed by atoms with E-state index < -0.39 is 0 Å². The van der Waals surface area contributed by atoms with Gasteiger partial charge in [0.15, 0.2) is 17.7 Å².